The molecule has 1 saturated heterocycles. The molecule has 1 heterocycles. The number of allylic oxidation sites excluding steroid dienone is 2. The molecule has 0 aromatic rings. The van der Waals surface area contributed by atoms with Gasteiger partial charge in [-0.15, -0.1) is 0 Å². The molecule has 290 valence electrons. The standard InChI is InChI=1S/C40H76O9/c1-3-5-7-9-11-13-15-16-17-18-19-20-22-24-26-28-30-46-32-34(33-47-40-39(45)38(44)37(43)35(31-41)49-40)48-36(42)29-27-25-23-21-14-12-10-8-6-4-2/h8,10,34-35,37-41,43-45H,3-7,9,11-33H2,1-2H3/b10-8-. The van der Waals surface area contributed by atoms with Crippen molar-refractivity contribution in [2.75, 3.05) is 26.4 Å². The van der Waals surface area contributed by atoms with E-state index < -0.39 is 43.4 Å². The number of unbranched alkanes of at least 4 members (excludes halogenated alkanes) is 21. The van der Waals surface area contributed by atoms with Gasteiger partial charge in [-0.25, -0.2) is 0 Å². The van der Waals surface area contributed by atoms with Gasteiger partial charge in [-0.05, 0) is 32.1 Å². The second kappa shape index (κ2) is 32.8. The number of carbonyl (C=O) groups is 1. The highest BCUT2D eigenvalue weighted by Gasteiger charge is 2.44. The van der Waals surface area contributed by atoms with Crippen molar-refractivity contribution in [3.63, 3.8) is 0 Å². The molecule has 49 heavy (non-hydrogen) atoms. The fourth-order valence-corrected chi connectivity index (χ4v) is 6.20. The Hall–Kier alpha value is -1.07. The zero-order valence-electron chi connectivity index (χ0n) is 31.5. The predicted molar refractivity (Wildman–Crippen MR) is 196 cm³/mol. The van der Waals surface area contributed by atoms with Gasteiger partial charge < -0.3 is 39.4 Å². The van der Waals surface area contributed by atoms with Gasteiger partial charge in [-0.3, -0.25) is 4.79 Å². The first-order valence-electron chi connectivity index (χ1n) is 20.3. The predicted octanol–water partition coefficient (Wildman–Crippen LogP) is 8.08. The average molecular weight is 701 g/mol. The van der Waals surface area contributed by atoms with Crippen molar-refractivity contribution in [1.29, 1.82) is 0 Å². The number of aliphatic hydroxyl groups is 4. The summed E-state index contributed by atoms with van der Waals surface area (Å²) in [7, 11) is 0. The maximum Gasteiger partial charge on any atom is 0.306 e. The van der Waals surface area contributed by atoms with E-state index in [4.69, 9.17) is 18.9 Å². The molecule has 1 aliphatic heterocycles. The Balaban J connectivity index is 2.27. The monoisotopic (exact) mass is 701 g/mol. The van der Waals surface area contributed by atoms with Crippen LogP contribution in [0.15, 0.2) is 12.2 Å². The maximum atomic E-state index is 12.7. The molecule has 1 rings (SSSR count). The van der Waals surface area contributed by atoms with Gasteiger partial charge >= 0.3 is 5.97 Å². The highest BCUT2D eigenvalue weighted by atomic mass is 16.7. The van der Waals surface area contributed by atoms with Gasteiger partial charge in [0.2, 0.25) is 0 Å². The minimum absolute atomic E-state index is 0.112. The van der Waals surface area contributed by atoms with Crippen LogP contribution >= 0.6 is 0 Å². The van der Waals surface area contributed by atoms with Crippen molar-refractivity contribution in [3.8, 4) is 0 Å². The summed E-state index contributed by atoms with van der Waals surface area (Å²) in [4.78, 5) is 12.7. The van der Waals surface area contributed by atoms with Crippen LogP contribution in [-0.4, -0.2) is 89.6 Å². The summed E-state index contributed by atoms with van der Waals surface area (Å²) in [5, 5.41) is 39.9. The van der Waals surface area contributed by atoms with E-state index in [2.05, 4.69) is 26.0 Å². The summed E-state index contributed by atoms with van der Waals surface area (Å²) in [6.45, 7) is 4.50. The molecule has 1 aliphatic rings. The first-order chi connectivity index (χ1) is 23.9. The van der Waals surface area contributed by atoms with Crippen molar-refractivity contribution in [3.05, 3.63) is 12.2 Å². The molecule has 0 aliphatic carbocycles. The fourth-order valence-electron chi connectivity index (χ4n) is 6.20. The van der Waals surface area contributed by atoms with Crippen LogP contribution in [-0.2, 0) is 23.7 Å². The summed E-state index contributed by atoms with van der Waals surface area (Å²) in [5.41, 5.74) is 0. The van der Waals surface area contributed by atoms with Gasteiger partial charge in [0.15, 0.2) is 6.29 Å². The minimum Gasteiger partial charge on any atom is -0.457 e. The van der Waals surface area contributed by atoms with Crippen LogP contribution in [0.1, 0.15) is 174 Å². The van der Waals surface area contributed by atoms with Crippen LogP contribution in [0.4, 0.5) is 0 Å². The quantitative estimate of drug-likeness (QED) is 0.0299. The van der Waals surface area contributed by atoms with E-state index in [1.165, 1.54) is 103 Å². The molecule has 0 aromatic heterocycles. The molecular formula is C40H76O9. The Kier molecular flexibility index (Phi) is 30.8. The van der Waals surface area contributed by atoms with E-state index in [0.717, 1.165) is 51.4 Å². The fraction of sp³-hybridized carbons (Fsp3) is 0.925. The molecule has 0 bridgehead atoms. The molecule has 6 unspecified atom stereocenters. The van der Waals surface area contributed by atoms with Crippen molar-refractivity contribution < 1.29 is 44.2 Å². The van der Waals surface area contributed by atoms with E-state index in [1.54, 1.807) is 0 Å². The number of aliphatic hydroxyl groups excluding tert-OH is 4. The zero-order chi connectivity index (χ0) is 35.8. The van der Waals surface area contributed by atoms with Crippen molar-refractivity contribution in [2.45, 2.75) is 211 Å². The molecule has 4 N–H and O–H groups in total. The van der Waals surface area contributed by atoms with Crippen LogP contribution in [0.5, 0.6) is 0 Å². The lowest BCUT2D eigenvalue weighted by molar-refractivity contribution is -0.305. The minimum atomic E-state index is -1.53. The van der Waals surface area contributed by atoms with Crippen LogP contribution in [0.25, 0.3) is 0 Å². The molecule has 1 fully saturated rings. The summed E-state index contributed by atoms with van der Waals surface area (Å²) >= 11 is 0. The third kappa shape index (κ3) is 24.7. The lowest BCUT2D eigenvalue weighted by Crippen LogP contribution is -2.59. The normalized spacial score (nSPS) is 21.8. The molecule has 0 radical (unpaired) electrons. The van der Waals surface area contributed by atoms with Crippen LogP contribution in [0.2, 0.25) is 0 Å². The van der Waals surface area contributed by atoms with Crippen molar-refractivity contribution in [2.24, 2.45) is 0 Å². The highest BCUT2D eigenvalue weighted by Crippen LogP contribution is 2.22. The number of ether oxygens (including phenoxy) is 4. The topological polar surface area (TPSA) is 135 Å². The van der Waals surface area contributed by atoms with Crippen molar-refractivity contribution in [1.82, 2.24) is 0 Å². The van der Waals surface area contributed by atoms with Gasteiger partial charge in [-0.2, -0.15) is 0 Å². The third-order valence-electron chi connectivity index (χ3n) is 9.41. The molecule has 0 aromatic carbocycles. The van der Waals surface area contributed by atoms with E-state index in [0.29, 0.717) is 13.0 Å². The SMILES string of the molecule is CCC/C=C\CCCCCCCC(=O)OC(COCCCCCCCCCCCCCCCCCC)COC1OC(CO)C(O)C(O)C1O. The third-order valence-corrected chi connectivity index (χ3v) is 9.41. The Morgan fingerprint density at radius 3 is 1.73 bits per heavy atom. The zero-order valence-corrected chi connectivity index (χ0v) is 31.5. The summed E-state index contributed by atoms with van der Waals surface area (Å²) in [6, 6.07) is 0. The van der Waals surface area contributed by atoms with Crippen LogP contribution < -0.4 is 0 Å². The summed E-state index contributed by atoms with van der Waals surface area (Å²) in [5.74, 6) is -0.323. The Labute approximate surface area is 299 Å². The largest absolute Gasteiger partial charge is 0.457 e. The van der Waals surface area contributed by atoms with Gasteiger partial charge in [0.1, 0.15) is 30.5 Å². The van der Waals surface area contributed by atoms with E-state index >= 15 is 0 Å². The summed E-state index contributed by atoms with van der Waals surface area (Å²) in [6.07, 6.45) is 26.7. The Bertz CT molecular complexity index is 762. The van der Waals surface area contributed by atoms with E-state index in [-0.39, 0.29) is 19.2 Å². The highest BCUT2D eigenvalue weighted by molar-refractivity contribution is 5.69. The number of esters is 1. The van der Waals surface area contributed by atoms with E-state index in [9.17, 15) is 25.2 Å². The lowest BCUT2D eigenvalue weighted by Gasteiger charge is -2.39. The smallest absolute Gasteiger partial charge is 0.306 e. The number of carbonyl (C=O) groups excluding carboxylic acids is 1. The van der Waals surface area contributed by atoms with Crippen LogP contribution in [0.3, 0.4) is 0 Å². The number of rotatable bonds is 34. The first-order valence-corrected chi connectivity index (χ1v) is 20.3. The molecule has 6 atom stereocenters. The number of hydrogen-bond donors (Lipinski definition) is 4. The van der Waals surface area contributed by atoms with Gasteiger partial charge in [0.25, 0.3) is 0 Å². The first kappa shape index (κ1) is 46.0. The van der Waals surface area contributed by atoms with Crippen LogP contribution in [0, 0.1) is 0 Å². The molecule has 9 heteroatoms. The molecular weight excluding hydrogens is 624 g/mol. The van der Waals surface area contributed by atoms with Gasteiger partial charge in [-0.1, -0.05) is 148 Å². The van der Waals surface area contributed by atoms with Crippen molar-refractivity contribution >= 4 is 5.97 Å². The maximum absolute atomic E-state index is 12.7. The van der Waals surface area contributed by atoms with Gasteiger partial charge in [0.05, 0.1) is 19.8 Å². The van der Waals surface area contributed by atoms with Gasteiger partial charge in [0, 0.05) is 13.0 Å². The molecule has 0 spiro atoms. The average Bonchev–Trinajstić information content (AvgIpc) is 3.10. The molecule has 0 amide bonds. The summed E-state index contributed by atoms with van der Waals surface area (Å²) < 4.78 is 22.7. The number of hydrogen-bond acceptors (Lipinski definition) is 9. The molecule has 9 nitrogen and oxygen atoms in total. The second-order valence-electron chi connectivity index (χ2n) is 14.1. The Morgan fingerprint density at radius 1 is 0.633 bits per heavy atom. The second-order valence-corrected chi connectivity index (χ2v) is 14.1. The Morgan fingerprint density at radius 2 is 1.16 bits per heavy atom. The molecule has 0 saturated carbocycles. The lowest BCUT2D eigenvalue weighted by atomic mass is 9.99. The van der Waals surface area contributed by atoms with E-state index in [1.807, 2.05) is 0 Å².